The Labute approximate surface area is 108 Å². The van der Waals surface area contributed by atoms with Crippen LogP contribution in [0.3, 0.4) is 0 Å². The Balaban J connectivity index is 1.94. The lowest BCUT2D eigenvalue weighted by Crippen LogP contribution is -2.24. The summed E-state index contributed by atoms with van der Waals surface area (Å²) >= 11 is 4.77. The van der Waals surface area contributed by atoms with E-state index in [0.29, 0.717) is 0 Å². The average Bonchev–Trinajstić information content (AvgIpc) is 2.83. The average molecular weight is 264 g/mol. The molecule has 6 nitrogen and oxygen atoms in total. The molecule has 94 valence electrons. The zero-order valence-corrected chi connectivity index (χ0v) is 10.2. The smallest absolute Gasteiger partial charge is 0.331 e. The molecule has 0 radical (unpaired) electrons. The third-order valence-corrected chi connectivity index (χ3v) is 2.49. The fourth-order valence-corrected chi connectivity index (χ4v) is 1.51. The maximum atomic E-state index is 11.7. The molecule has 0 spiro atoms. The number of benzene rings is 1. The number of nitrogens with zero attached hydrogens (tertiary/aromatic N) is 1. The minimum absolute atomic E-state index is 0.179. The van der Waals surface area contributed by atoms with Gasteiger partial charge in [0, 0.05) is 0 Å². The van der Waals surface area contributed by atoms with Gasteiger partial charge in [0.15, 0.2) is 11.9 Å². The molecule has 0 aliphatic heterocycles. The van der Waals surface area contributed by atoms with E-state index in [0.717, 1.165) is 5.56 Å². The van der Waals surface area contributed by atoms with E-state index in [-0.39, 0.29) is 17.2 Å². The van der Waals surface area contributed by atoms with E-state index in [4.69, 9.17) is 22.7 Å². The summed E-state index contributed by atoms with van der Waals surface area (Å²) in [5.41, 5.74) is 6.58. The van der Waals surface area contributed by atoms with E-state index in [1.165, 1.54) is 0 Å². The lowest BCUT2D eigenvalue weighted by molar-refractivity contribution is -0.146. The van der Waals surface area contributed by atoms with Crippen LogP contribution in [0, 0.1) is 4.77 Å². The molecule has 0 amide bonds. The van der Waals surface area contributed by atoms with E-state index in [1.54, 1.807) is 0 Å². The van der Waals surface area contributed by atoms with Crippen molar-refractivity contribution in [1.82, 2.24) is 15.2 Å². The Hall–Kier alpha value is -1.99. The van der Waals surface area contributed by atoms with Crippen LogP contribution < -0.4 is 5.73 Å². The Kier molecular flexibility index (Phi) is 3.85. The third-order valence-electron chi connectivity index (χ3n) is 2.29. The van der Waals surface area contributed by atoms with Crippen LogP contribution in [0.5, 0.6) is 0 Å². The molecule has 1 aromatic carbocycles. The van der Waals surface area contributed by atoms with Gasteiger partial charge in [-0.3, -0.25) is 10.2 Å². The molecular weight excluding hydrogens is 252 g/mol. The van der Waals surface area contributed by atoms with E-state index in [9.17, 15) is 4.79 Å². The second-order valence-electron chi connectivity index (χ2n) is 3.62. The number of hydrogen-bond donors (Lipinski definition) is 3. The molecule has 0 aliphatic carbocycles. The summed E-state index contributed by atoms with van der Waals surface area (Å²) in [7, 11) is 0. The van der Waals surface area contributed by atoms with Gasteiger partial charge < -0.3 is 10.5 Å². The van der Waals surface area contributed by atoms with Gasteiger partial charge in [0.05, 0.1) is 0 Å². The molecule has 4 N–H and O–H groups in total. The molecule has 1 aromatic heterocycles. The minimum atomic E-state index is -0.971. The fourth-order valence-electron chi connectivity index (χ4n) is 1.36. The van der Waals surface area contributed by atoms with Gasteiger partial charge in [0.2, 0.25) is 4.77 Å². The zero-order valence-electron chi connectivity index (χ0n) is 9.42. The van der Waals surface area contributed by atoms with Crippen molar-refractivity contribution in [2.24, 2.45) is 5.73 Å². The summed E-state index contributed by atoms with van der Waals surface area (Å²) < 4.78 is 5.33. The number of nitrogens with two attached hydrogens (primary N) is 1. The van der Waals surface area contributed by atoms with Gasteiger partial charge in [0.1, 0.15) is 6.61 Å². The molecule has 1 heterocycles. The molecule has 1 unspecified atom stereocenters. The number of rotatable bonds is 4. The van der Waals surface area contributed by atoms with Gasteiger partial charge in [-0.2, -0.15) is 0 Å². The predicted octanol–water partition coefficient (Wildman–Crippen LogP) is 1.21. The molecule has 2 rings (SSSR count). The number of nitrogens with one attached hydrogen (secondary N) is 2. The first-order chi connectivity index (χ1) is 8.66. The number of esters is 1. The number of aromatic nitrogens is 3. The van der Waals surface area contributed by atoms with Crippen LogP contribution in [-0.2, 0) is 16.1 Å². The summed E-state index contributed by atoms with van der Waals surface area (Å²) in [4.78, 5) is 15.5. The van der Waals surface area contributed by atoms with Crippen molar-refractivity contribution in [2.45, 2.75) is 12.6 Å². The molecule has 0 bridgehead atoms. The molecule has 7 heteroatoms. The molecule has 1 atom stereocenters. The highest BCUT2D eigenvalue weighted by Gasteiger charge is 2.20. The maximum absolute atomic E-state index is 11.7. The Bertz CT molecular complexity index is 578. The Morgan fingerprint density at radius 2 is 2.11 bits per heavy atom. The summed E-state index contributed by atoms with van der Waals surface area (Å²) in [6.45, 7) is 0.179. The third kappa shape index (κ3) is 3.02. The van der Waals surface area contributed by atoms with Crippen LogP contribution in [-0.4, -0.2) is 21.2 Å². The van der Waals surface area contributed by atoms with Crippen molar-refractivity contribution in [1.29, 1.82) is 0 Å². The van der Waals surface area contributed by atoms with Crippen LogP contribution in [0.25, 0.3) is 0 Å². The molecule has 0 fully saturated rings. The van der Waals surface area contributed by atoms with E-state index < -0.39 is 12.0 Å². The van der Waals surface area contributed by atoms with Crippen molar-refractivity contribution < 1.29 is 9.53 Å². The van der Waals surface area contributed by atoms with Crippen molar-refractivity contribution in [2.75, 3.05) is 0 Å². The standard InChI is InChI=1S/C11H12N4O2S/c12-8(9-13-11(18)15-14-9)10(16)17-6-7-4-2-1-3-5-7/h1-5,8H,6,12H2,(H2,13,14,15,18). The number of aromatic amines is 2. The topological polar surface area (TPSA) is 96.8 Å². The zero-order chi connectivity index (χ0) is 13.0. The van der Waals surface area contributed by atoms with Crippen LogP contribution in [0.15, 0.2) is 30.3 Å². The Morgan fingerprint density at radius 3 is 2.72 bits per heavy atom. The molecule has 18 heavy (non-hydrogen) atoms. The van der Waals surface area contributed by atoms with Crippen molar-refractivity contribution in [3.8, 4) is 0 Å². The van der Waals surface area contributed by atoms with Crippen molar-refractivity contribution in [3.63, 3.8) is 0 Å². The van der Waals surface area contributed by atoms with Gasteiger partial charge in [-0.25, -0.2) is 9.78 Å². The number of carbonyl (C=O) groups is 1. The minimum Gasteiger partial charge on any atom is -0.459 e. The van der Waals surface area contributed by atoms with Crippen LogP contribution in [0.4, 0.5) is 0 Å². The first-order valence-electron chi connectivity index (χ1n) is 5.27. The monoisotopic (exact) mass is 264 g/mol. The highest BCUT2D eigenvalue weighted by atomic mass is 32.1. The summed E-state index contributed by atoms with van der Waals surface area (Å²) in [6, 6.07) is 8.38. The van der Waals surface area contributed by atoms with Crippen LogP contribution in [0.2, 0.25) is 0 Å². The van der Waals surface area contributed by atoms with Gasteiger partial charge in [-0.05, 0) is 17.8 Å². The van der Waals surface area contributed by atoms with E-state index in [2.05, 4.69) is 15.2 Å². The van der Waals surface area contributed by atoms with Crippen LogP contribution in [0.1, 0.15) is 17.4 Å². The summed E-state index contributed by atoms with van der Waals surface area (Å²) in [5, 5.41) is 5.19. The maximum Gasteiger partial charge on any atom is 0.331 e. The molecule has 0 saturated carbocycles. The molecular formula is C11H12N4O2S. The Morgan fingerprint density at radius 1 is 1.39 bits per heavy atom. The number of hydrogen-bond acceptors (Lipinski definition) is 5. The fraction of sp³-hybridized carbons (Fsp3) is 0.182. The van der Waals surface area contributed by atoms with Gasteiger partial charge in [-0.15, -0.1) is 0 Å². The summed E-state index contributed by atoms with van der Waals surface area (Å²) in [6.07, 6.45) is 0. The van der Waals surface area contributed by atoms with E-state index in [1.807, 2.05) is 30.3 Å². The number of ether oxygens (including phenoxy) is 1. The normalized spacial score (nSPS) is 12.1. The second-order valence-corrected chi connectivity index (χ2v) is 4.01. The molecule has 0 aliphatic rings. The predicted molar refractivity (Wildman–Crippen MR) is 66.9 cm³/mol. The SMILES string of the molecule is NC(C(=O)OCc1ccccc1)c1nc(=S)[nH][nH]1. The van der Waals surface area contributed by atoms with Crippen molar-refractivity contribution >= 4 is 18.2 Å². The first kappa shape index (κ1) is 12.5. The molecule has 2 aromatic rings. The highest BCUT2D eigenvalue weighted by molar-refractivity contribution is 7.71. The molecule has 0 saturated heterocycles. The van der Waals surface area contributed by atoms with Crippen molar-refractivity contribution in [3.05, 3.63) is 46.5 Å². The van der Waals surface area contributed by atoms with Gasteiger partial charge >= 0.3 is 5.97 Å². The van der Waals surface area contributed by atoms with Crippen LogP contribution >= 0.6 is 12.2 Å². The number of H-pyrrole nitrogens is 2. The number of carbonyl (C=O) groups excluding carboxylic acids is 1. The van der Waals surface area contributed by atoms with Gasteiger partial charge in [0.25, 0.3) is 0 Å². The second kappa shape index (κ2) is 5.56. The highest BCUT2D eigenvalue weighted by Crippen LogP contribution is 2.08. The first-order valence-corrected chi connectivity index (χ1v) is 5.68. The van der Waals surface area contributed by atoms with E-state index >= 15 is 0 Å². The largest absolute Gasteiger partial charge is 0.459 e. The lowest BCUT2D eigenvalue weighted by atomic mass is 10.2. The quantitative estimate of drug-likeness (QED) is 0.569. The lowest BCUT2D eigenvalue weighted by Gasteiger charge is -2.08. The summed E-state index contributed by atoms with van der Waals surface area (Å²) in [5.74, 6) is -0.297. The van der Waals surface area contributed by atoms with Gasteiger partial charge in [-0.1, -0.05) is 30.3 Å².